The van der Waals surface area contributed by atoms with Crippen molar-refractivity contribution in [1.29, 1.82) is 0 Å². The molecule has 0 aromatic heterocycles. The molecule has 0 saturated heterocycles. The number of hydrogen-bond donors (Lipinski definition) is 2. The van der Waals surface area contributed by atoms with E-state index in [0.29, 0.717) is 16.5 Å². The molecule has 0 heterocycles. The van der Waals surface area contributed by atoms with Crippen molar-refractivity contribution in [1.82, 2.24) is 10.9 Å². The summed E-state index contributed by atoms with van der Waals surface area (Å²) in [4.78, 5) is 12.1. The van der Waals surface area contributed by atoms with Crippen molar-refractivity contribution in [3.63, 3.8) is 0 Å². The van der Waals surface area contributed by atoms with Crippen molar-refractivity contribution < 1.29 is 4.79 Å². The Hall–Kier alpha value is -1.84. The molecule has 0 spiro atoms. The summed E-state index contributed by atoms with van der Waals surface area (Å²) in [5.41, 5.74) is 7.60. The molecule has 2 aromatic carbocycles. The minimum atomic E-state index is -0.143. The largest absolute Gasteiger partial charge is 0.287 e. The Kier molecular flexibility index (Phi) is 5.37. The van der Waals surface area contributed by atoms with Crippen molar-refractivity contribution in [2.75, 3.05) is 0 Å². The number of halogens is 1. The molecule has 0 bridgehead atoms. The van der Waals surface area contributed by atoms with Gasteiger partial charge in [-0.3, -0.25) is 10.2 Å². The minimum absolute atomic E-state index is 0.0231. The van der Waals surface area contributed by atoms with Gasteiger partial charge in [0.2, 0.25) is 0 Å². The molecule has 2 rings (SSSR count). The molecule has 0 aliphatic heterocycles. The van der Waals surface area contributed by atoms with E-state index < -0.39 is 0 Å². The van der Waals surface area contributed by atoms with E-state index in [2.05, 4.69) is 24.7 Å². The summed E-state index contributed by atoms with van der Waals surface area (Å²) < 4.78 is 0. The number of carbonyl (C=O) groups excluding carboxylic acids is 1. The van der Waals surface area contributed by atoms with E-state index in [9.17, 15) is 4.79 Å². The third-order valence-electron chi connectivity index (χ3n) is 3.27. The van der Waals surface area contributed by atoms with Crippen LogP contribution in [0.2, 0.25) is 5.02 Å². The summed E-state index contributed by atoms with van der Waals surface area (Å²) in [6, 6.07) is 16.8. The van der Waals surface area contributed by atoms with Gasteiger partial charge in [0, 0.05) is 10.6 Å². The van der Waals surface area contributed by atoms with Crippen molar-refractivity contribution in [2.24, 2.45) is 5.92 Å². The van der Waals surface area contributed by atoms with Gasteiger partial charge in [0.25, 0.3) is 5.91 Å². The van der Waals surface area contributed by atoms with Gasteiger partial charge in [-0.25, -0.2) is 5.43 Å². The highest BCUT2D eigenvalue weighted by molar-refractivity contribution is 6.30. The summed E-state index contributed by atoms with van der Waals surface area (Å²) >= 11 is 5.91. The van der Waals surface area contributed by atoms with Crippen molar-refractivity contribution >= 4 is 17.5 Å². The van der Waals surface area contributed by atoms with Crippen LogP contribution in [0.4, 0.5) is 0 Å². The molecule has 4 heteroatoms. The maximum Gasteiger partial charge on any atom is 0.265 e. The summed E-state index contributed by atoms with van der Waals surface area (Å²) in [5.74, 6) is 0.178. The molecule has 3 nitrogen and oxygen atoms in total. The Labute approximate surface area is 130 Å². The van der Waals surface area contributed by atoms with Crippen molar-refractivity contribution in [3.8, 4) is 0 Å². The molecule has 110 valence electrons. The SMILES string of the molecule is CC(C)C(NNC(=O)c1ccccc1)c1ccc(Cl)cc1. The molecule has 1 amide bonds. The van der Waals surface area contributed by atoms with E-state index in [1.807, 2.05) is 42.5 Å². The molecule has 0 saturated carbocycles. The topological polar surface area (TPSA) is 41.1 Å². The zero-order valence-corrected chi connectivity index (χ0v) is 12.9. The lowest BCUT2D eigenvalue weighted by Gasteiger charge is -2.23. The van der Waals surface area contributed by atoms with E-state index >= 15 is 0 Å². The molecule has 2 N–H and O–H groups in total. The summed E-state index contributed by atoms with van der Waals surface area (Å²) in [6.45, 7) is 4.20. The fraction of sp³-hybridized carbons (Fsp3) is 0.235. The number of rotatable bonds is 5. The molecule has 0 aliphatic rings. The molecular weight excluding hydrogens is 284 g/mol. The Balaban J connectivity index is 2.04. The monoisotopic (exact) mass is 302 g/mol. The van der Waals surface area contributed by atoms with E-state index in [-0.39, 0.29) is 11.9 Å². The van der Waals surface area contributed by atoms with Crippen LogP contribution in [0, 0.1) is 5.92 Å². The zero-order valence-electron chi connectivity index (χ0n) is 12.1. The quantitative estimate of drug-likeness (QED) is 0.821. The van der Waals surface area contributed by atoms with Crippen LogP contribution in [-0.2, 0) is 0 Å². The predicted octanol–water partition coefficient (Wildman–Crippen LogP) is 3.97. The number of benzene rings is 2. The Bertz CT molecular complexity index is 581. The van der Waals surface area contributed by atoms with Crippen LogP contribution in [-0.4, -0.2) is 5.91 Å². The smallest absolute Gasteiger partial charge is 0.265 e. The number of nitrogens with one attached hydrogen (secondary N) is 2. The predicted molar refractivity (Wildman–Crippen MR) is 86.1 cm³/mol. The number of amides is 1. The minimum Gasteiger partial charge on any atom is -0.287 e. The van der Waals surface area contributed by atoms with Gasteiger partial charge in [0.15, 0.2) is 0 Å². The number of carbonyl (C=O) groups is 1. The third-order valence-corrected chi connectivity index (χ3v) is 3.52. The second-order valence-electron chi connectivity index (χ2n) is 5.24. The Morgan fingerprint density at radius 1 is 1.00 bits per heavy atom. The second-order valence-corrected chi connectivity index (χ2v) is 5.67. The highest BCUT2D eigenvalue weighted by atomic mass is 35.5. The lowest BCUT2D eigenvalue weighted by molar-refractivity contribution is 0.0919. The fourth-order valence-electron chi connectivity index (χ4n) is 2.11. The first kappa shape index (κ1) is 15.5. The van der Waals surface area contributed by atoms with Crippen molar-refractivity contribution in [2.45, 2.75) is 19.9 Å². The lowest BCUT2D eigenvalue weighted by Crippen LogP contribution is -2.41. The molecule has 0 fully saturated rings. The molecular formula is C17H19ClN2O. The molecule has 2 aromatic rings. The van der Waals surface area contributed by atoms with Gasteiger partial charge >= 0.3 is 0 Å². The Morgan fingerprint density at radius 3 is 2.19 bits per heavy atom. The van der Waals surface area contributed by atoms with E-state index in [0.717, 1.165) is 5.56 Å². The van der Waals surface area contributed by atoms with Crippen LogP contribution in [0.1, 0.15) is 35.8 Å². The number of hydrogen-bond acceptors (Lipinski definition) is 2. The molecule has 21 heavy (non-hydrogen) atoms. The van der Waals surface area contributed by atoms with Gasteiger partial charge in [-0.1, -0.05) is 55.8 Å². The van der Waals surface area contributed by atoms with Crippen LogP contribution in [0.5, 0.6) is 0 Å². The molecule has 1 unspecified atom stereocenters. The van der Waals surface area contributed by atoms with Crippen LogP contribution >= 0.6 is 11.6 Å². The Morgan fingerprint density at radius 2 is 1.62 bits per heavy atom. The van der Waals surface area contributed by atoms with Crippen molar-refractivity contribution in [3.05, 3.63) is 70.7 Å². The molecule has 0 radical (unpaired) electrons. The van der Waals surface area contributed by atoms with Crippen LogP contribution in [0.3, 0.4) is 0 Å². The van der Waals surface area contributed by atoms with Gasteiger partial charge in [0.1, 0.15) is 0 Å². The summed E-state index contributed by atoms with van der Waals surface area (Å²) in [7, 11) is 0. The highest BCUT2D eigenvalue weighted by Crippen LogP contribution is 2.22. The van der Waals surface area contributed by atoms with Gasteiger partial charge in [0.05, 0.1) is 6.04 Å². The van der Waals surface area contributed by atoms with E-state index in [4.69, 9.17) is 11.6 Å². The average molecular weight is 303 g/mol. The van der Waals surface area contributed by atoms with E-state index in [1.165, 1.54) is 0 Å². The molecule has 1 atom stereocenters. The normalized spacial score (nSPS) is 12.2. The summed E-state index contributed by atoms with van der Waals surface area (Å²) in [6.07, 6.45) is 0. The summed E-state index contributed by atoms with van der Waals surface area (Å²) in [5, 5.41) is 0.703. The third kappa shape index (κ3) is 4.31. The van der Waals surface area contributed by atoms with Gasteiger partial charge in [-0.05, 0) is 35.7 Å². The maximum absolute atomic E-state index is 12.1. The average Bonchev–Trinajstić information content (AvgIpc) is 2.49. The lowest BCUT2D eigenvalue weighted by atomic mass is 9.97. The van der Waals surface area contributed by atoms with Crippen LogP contribution < -0.4 is 10.9 Å². The highest BCUT2D eigenvalue weighted by Gasteiger charge is 2.16. The first-order valence-corrected chi connectivity index (χ1v) is 7.32. The first-order valence-electron chi connectivity index (χ1n) is 6.94. The standard InChI is InChI=1S/C17H19ClN2O/c1-12(2)16(13-8-10-15(18)11-9-13)19-20-17(21)14-6-4-3-5-7-14/h3-12,16,19H,1-2H3,(H,20,21). The molecule has 0 aliphatic carbocycles. The van der Waals surface area contributed by atoms with Gasteiger partial charge < -0.3 is 0 Å². The van der Waals surface area contributed by atoms with E-state index in [1.54, 1.807) is 12.1 Å². The maximum atomic E-state index is 12.1. The zero-order chi connectivity index (χ0) is 15.2. The van der Waals surface area contributed by atoms with Gasteiger partial charge in [-0.15, -0.1) is 0 Å². The van der Waals surface area contributed by atoms with Crippen LogP contribution in [0.25, 0.3) is 0 Å². The number of hydrazine groups is 1. The fourth-order valence-corrected chi connectivity index (χ4v) is 2.24. The second kappa shape index (κ2) is 7.25. The van der Waals surface area contributed by atoms with Gasteiger partial charge in [-0.2, -0.15) is 0 Å². The first-order chi connectivity index (χ1) is 10.1. The van der Waals surface area contributed by atoms with Crippen LogP contribution in [0.15, 0.2) is 54.6 Å².